The number of amides is 2. The number of piperidine rings is 1. The van der Waals surface area contributed by atoms with Crippen LogP contribution in [0, 0.1) is 5.92 Å². The second kappa shape index (κ2) is 10.7. The molecule has 2 N–H and O–H groups in total. The highest BCUT2D eigenvalue weighted by Crippen LogP contribution is 2.31. The molecular formula is C30H32N4O4. The van der Waals surface area contributed by atoms with Crippen molar-refractivity contribution in [1.29, 1.82) is 0 Å². The molecule has 3 aromatic rings. The van der Waals surface area contributed by atoms with E-state index >= 15 is 0 Å². The van der Waals surface area contributed by atoms with Crippen LogP contribution >= 0.6 is 0 Å². The molecule has 1 atom stereocenters. The Kier molecular flexibility index (Phi) is 7.13. The number of carbonyl (C=O) groups excluding carboxylic acids is 2. The third-order valence-electron chi connectivity index (χ3n) is 7.33. The maximum atomic E-state index is 13.1. The maximum absolute atomic E-state index is 13.1. The number of carboxylic acid groups (broad SMARTS) is 1. The highest BCUT2D eigenvalue weighted by molar-refractivity contribution is 6.04. The van der Waals surface area contributed by atoms with E-state index in [0.29, 0.717) is 23.4 Å². The summed E-state index contributed by atoms with van der Waals surface area (Å²) in [5, 5.41) is 12.5. The first-order valence-electron chi connectivity index (χ1n) is 13.1. The number of hydrogen-bond donors (Lipinski definition) is 2. The molecule has 0 spiro atoms. The molecule has 2 aromatic carbocycles. The molecule has 8 heteroatoms. The van der Waals surface area contributed by atoms with Gasteiger partial charge in [-0.1, -0.05) is 38.1 Å². The summed E-state index contributed by atoms with van der Waals surface area (Å²) < 4.78 is 0. The van der Waals surface area contributed by atoms with Gasteiger partial charge in [0, 0.05) is 37.1 Å². The Morgan fingerprint density at radius 2 is 1.66 bits per heavy atom. The maximum Gasteiger partial charge on any atom is 0.326 e. The van der Waals surface area contributed by atoms with Gasteiger partial charge in [0.05, 0.1) is 5.56 Å². The van der Waals surface area contributed by atoms with Crippen molar-refractivity contribution >= 4 is 29.3 Å². The van der Waals surface area contributed by atoms with Gasteiger partial charge in [-0.2, -0.15) is 0 Å². The summed E-state index contributed by atoms with van der Waals surface area (Å²) in [4.78, 5) is 45.8. The lowest BCUT2D eigenvalue weighted by Gasteiger charge is -2.27. The van der Waals surface area contributed by atoms with Crippen molar-refractivity contribution in [2.45, 2.75) is 45.7 Å². The summed E-state index contributed by atoms with van der Waals surface area (Å²) >= 11 is 0. The third-order valence-corrected chi connectivity index (χ3v) is 7.33. The van der Waals surface area contributed by atoms with Crippen molar-refractivity contribution in [2.24, 2.45) is 5.92 Å². The van der Waals surface area contributed by atoms with E-state index < -0.39 is 12.0 Å². The summed E-state index contributed by atoms with van der Waals surface area (Å²) in [6.07, 6.45) is 5.21. The molecule has 2 amide bonds. The van der Waals surface area contributed by atoms with E-state index in [2.05, 4.69) is 15.2 Å². The summed E-state index contributed by atoms with van der Waals surface area (Å²) in [7, 11) is 0. The molecule has 1 aromatic heterocycles. The molecule has 0 radical (unpaired) electrons. The minimum atomic E-state index is -0.993. The molecule has 38 heavy (non-hydrogen) atoms. The van der Waals surface area contributed by atoms with E-state index in [1.165, 1.54) is 24.2 Å². The zero-order chi connectivity index (χ0) is 26.8. The number of pyridine rings is 1. The van der Waals surface area contributed by atoms with Crippen molar-refractivity contribution in [2.75, 3.05) is 23.3 Å². The number of anilines is 2. The Balaban J connectivity index is 1.26. The van der Waals surface area contributed by atoms with Crippen LogP contribution in [0.3, 0.4) is 0 Å². The number of aromatic nitrogens is 1. The fraction of sp³-hybridized carbons (Fsp3) is 0.333. The van der Waals surface area contributed by atoms with Crippen LogP contribution in [0.2, 0.25) is 0 Å². The lowest BCUT2D eigenvalue weighted by molar-refractivity contribution is -0.144. The van der Waals surface area contributed by atoms with E-state index in [0.717, 1.165) is 35.6 Å². The van der Waals surface area contributed by atoms with Gasteiger partial charge < -0.3 is 20.2 Å². The SMILES string of the molecule is CC(C)[C@@H](C(=O)O)N1Cc2ccc(-c3ccc(NC(=O)c4ccc(N5CCCCC5)nc4)cc3)cc2C1=O. The van der Waals surface area contributed by atoms with Gasteiger partial charge in [-0.05, 0) is 72.2 Å². The first-order chi connectivity index (χ1) is 18.3. The van der Waals surface area contributed by atoms with Crippen LogP contribution in [-0.4, -0.2) is 51.9 Å². The van der Waals surface area contributed by atoms with Crippen molar-refractivity contribution in [1.82, 2.24) is 9.88 Å². The Morgan fingerprint density at radius 1 is 0.947 bits per heavy atom. The van der Waals surface area contributed by atoms with Crippen LogP contribution in [0.1, 0.15) is 59.4 Å². The number of nitrogens with zero attached hydrogens (tertiary/aromatic N) is 3. The van der Waals surface area contributed by atoms with E-state index in [9.17, 15) is 19.5 Å². The molecule has 0 aliphatic carbocycles. The minimum absolute atomic E-state index is 0.198. The van der Waals surface area contributed by atoms with Gasteiger partial charge in [0.2, 0.25) is 0 Å². The quantitative estimate of drug-likeness (QED) is 0.459. The van der Waals surface area contributed by atoms with Crippen LogP contribution < -0.4 is 10.2 Å². The largest absolute Gasteiger partial charge is 0.480 e. The van der Waals surface area contributed by atoms with Crippen LogP contribution in [0.15, 0.2) is 60.8 Å². The molecule has 5 rings (SSSR count). The summed E-state index contributed by atoms with van der Waals surface area (Å²) in [5.74, 6) is -0.767. The fourth-order valence-electron chi connectivity index (χ4n) is 5.29. The zero-order valence-electron chi connectivity index (χ0n) is 21.7. The zero-order valence-corrected chi connectivity index (χ0v) is 21.7. The smallest absolute Gasteiger partial charge is 0.326 e. The van der Waals surface area contributed by atoms with Gasteiger partial charge in [-0.25, -0.2) is 9.78 Å². The first kappa shape index (κ1) is 25.4. The van der Waals surface area contributed by atoms with E-state index in [1.807, 2.05) is 62.4 Å². The minimum Gasteiger partial charge on any atom is -0.480 e. The highest BCUT2D eigenvalue weighted by atomic mass is 16.4. The third kappa shape index (κ3) is 5.11. The monoisotopic (exact) mass is 512 g/mol. The number of nitrogens with one attached hydrogen (secondary N) is 1. The molecule has 1 saturated heterocycles. The topological polar surface area (TPSA) is 103 Å². The molecule has 3 heterocycles. The van der Waals surface area contributed by atoms with Crippen LogP contribution in [0.25, 0.3) is 11.1 Å². The summed E-state index contributed by atoms with van der Waals surface area (Å²) in [6, 6.07) is 15.9. The Morgan fingerprint density at radius 3 is 2.29 bits per heavy atom. The number of carboxylic acids is 1. The molecular weight excluding hydrogens is 480 g/mol. The molecule has 0 bridgehead atoms. The fourth-order valence-corrected chi connectivity index (χ4v) is 5.29. The van der Waals surface area contributed by atoms with E-state index in [4.69, 9.17) is 0 Å². The van der Waals surface area contributed by atoms with Gasteiger partial charge >= 0.3 is 5.97 Å². The van der Waals surface area contributed by atoms with Crippen LogP contribution in [0.5, 0.6) is 0 Å². The number of hydrogen-bond acceptors (Lipinski definition) is 5. The molecule has 0 unspecified atom stereocenters. The van der Waals surface area contributed by atoms with Crippen molar-refractivity contribution in [3.8, 4) is 11.1 Å². The molecule has 1 fully saturated rings. The Bertz CT molecular complexity index is 1350. The van der Waals surface area contributed by atoms with Gasteiger partial charge in [0.1, 0.15) is 11.9 Å². The average Bonchev–Trinajstić information content (AvgIpc) is 3.24. The number of aliphatic carboxylic acids is 1. The van der Waals surface area contributed by atoms with Crippen molar-refractivity contribution in [3.05, 3.63) is 77.5 Å². The predicted octanol–water partition coefficient (Wildman–Crippen LogP) is 5.06. The predicted molar refractivity (Wildman–Crippen MR) is 146 cm³/mol. The van der Waals surface area contributed by atoms with Gasteiger partial charge in [0.25, 0.3) is 11.8 Å². The van der Waals surface area contributed by atoms with Gasteiger partial charge in [-0.15, -0.1) is 0 Å². The van der Waals surface area contributed by atoms with E-state index in [-0.39, 0.29) is 17.7 Å². The standard InChI is InChI=1S/C30H32N4O4/c1-19(2)27(30(37)38)34-18-23-7-6-21(16-25(23)29(34)36)20-8-11-24(12-9-20)32-28(35)22-10-13-26(31-17-22)33-14-4-3-5-15-33/h6-13,16-17,19,27H,3-5,14-15,18H2,1-2H3,(H,32,35)(H,37,38)/t27-/m0/s1. The van der Waals surface area contributed by atoms with Crippen molar-refractivity contribution < 1.29 is 19.5 Å². The van der Waals surface area contributed by atoms with Crippen molar-refractivity contribution in [3.63, 3.8) is 0 Å². The molecule has 196 valence electrons. The lowest BCUT2D eigenvalue weighted by Crippen LogP contribution is -2.44. The van der Waals surface area contributed by atoms with Crippen LogP contribution in [-0.2, 0) is 11.3 Å². The summed E-state index contributed by atoms with van der Waals surface area (Å²) in [6.45, 7) is 5.91. The highest BCUT2D eigenvalue weighted by Gasteiger charge is 2.38. The molecule has 8 nitrogen and oxygen atoms in total. The first-order valence-corrected chi connectivity index (χ1v) is 13.1. The van der Waals surface area contributed by atoms with Gasteiger partial charge in [-0.3, -0.25) is 9.59 Å². The number of benzene rings is 2. The molecule has 2 aliphatic rings. The van der Waals surface area contributed by atoms with E-state index in [1.54, 1.807) is 12.3 Å². The molecule has 0 saturated carbocycles. The second-order valence-corrected chi connectivity index (χ2v) is 10.3. The Labute approximate surface area is 222 Å². The average molecular weight is 513 g/mol. The number of rotatable bonds is 7. The van der Waals surface area contributed by atoms with Crippen LogP contribution in [0.4, 0.5) is 11.5 Å². The lowest BCUT2D eigenvalue weighted by atomic mass is 10.00. The number of carbonyl (C=O) groups is 3. The molecule has 2 aliphatic heterocycles. The Hall–Kier alpha value is -4.20. The number of fused-ring (bicyclic) bond motifs is 1. The summed E-state index contributed by atoms with van der Waals surface area (Å²) in [5.41, 5.74) is 4.26. The second-order valence-electron chi connectivity index (χ2n) is 10.3. The van der Waals surface area contributed by atoms with Gasteiger partial charge in [0.15, 0.2) is 0 Å². The normalized spacial score (nSPS) is 15.9.